The fraction of sp³-hybridized carbons (Fsp3) is 0.429. The first-order valence-electron chi connectivity index (χ1n) is 12.9. The minimum atomic E-state index is -0.818. The fourth-order valence-electron chi connectivity index (χ4n) is 5.29. The van der Waals surface area contributed by atoms with Crippen molar-refractivity contribution >= 4 is 46.0 Å². The van der Waals surface area contributed by atoms with E-state index in [1.165, 1.54) is 15.5 Å². The molecule has 0 radical (unpaired) electrons. The van der Waals surface area contributed by atoms with E-state index in [9.17, 15) is 18.8 Å². The summed E-state index contributed by atoms with van der Waals surface area (Å²) in [6.45, 7) is 11.4. The molecule has 2 aromatic heterocycles. The predicted octanol–water partition coefficient (Wildman–Crippen LogP) is 5.07. The average Bonchev–Trinajstić information content (AvgIpc) is 2.84. The summed E-state index contributed by atoms with van der Waals surface area (Å²) in [5, 5.41) is 2.72. The van der Waals surface area contributed by atoms with Gasteiger partial charge in [-0.25, -0.2) is 14.2 Å². The van der Waals surface area contributed by atoms with Crippen molar-refractivity contribution in [3.8, 4) is 5.69 Å². The summed E-state index contributed by atoms with van der Waals surface area (Å²) in [6.07, 6.45) is -0.529. The molecule has 206 valence electrons. The van der Waals surface area contributed by atoms with E-state index in [0.29, 0.717) is 16.8 Å². The predicted molar refractivity (Wildman–Crippen MR) is 149 cm³/mol. The third kappa shape index (κ3) is 4.60. The molecular formula is C28H31ClFN5O4. The summed E-state index contributed by atoms with van der Waals surface area (Å²) in [5.74, 6) is -1.12. The van der Waals surface area contributed by atoms with Gasteiger partial charge in [-0.2, -0.15) is 0 Å². The number of nitrogens with one attached hydrogen (secondary N) is 1. The van der Waals surface area contributed by atoms with Gasteiger partial charge in [0.05, 0.1) is 17.9 Å². The van der Waals surface area contributed by atoms with Gasteiger partial charge in [-0.15, -0.1) is 0 Å². The fourth-order valence-corrected chi connectivity index (χ4v) is 5.42. The van der Waals surface area contributed by atoms with Gasteiger partial charge in [0.25, 0.3) is 5.56 Å². The molecule has 2 amide bonds. The second-order valence-electron chi connectivity index (χ2n) is 11.3. The number of amides is 2. The molecule has 5 rings (SSSR count). The van der Waals surface area contributed by atoms with Gasteiger partial charge < -0.3 is 19.9 Å². The number of carbonyl (C=O) groups is 2. The number of ether oxygens (including phenoxy) is 1. The maximum atomic E-state index is 14.9. The van der Waals surface area contributed by atoms with Crippen molar-refractivity contribution in [2.75, 3.05) is 23.3 Å². The second kappa shape index (κ2) is 9.51. The van der Waals surface area contributed by atoms with Crippen LogP contribution >= 0.6 is 11.6 Å². The largest absolute Gasteiger partial charge is 0.444 e. The number of hydrogen-bond acceptors (Lipinski definition) is 6. The molecule has 11 heteroatoms. The Bertz CT molecular complexity index is 1560. The smallest absolute Gasteiger partial charge is 0.410 e. The van der Waals surface area contributed by atoms with Crippen LogP contribution < -0.4 is 15.8 Å². The number of rotatable bonds is 2. The Labute approximate surface area is 230 Å². The first-order chi connectivity index (χ1) is 18.3. The number of carbonyl (C=O) groups excluding carboxylic acids is 2. The minimum Gasteiger partial charge on any atom is -0.444 e. The van der Waals surface area contributed by atoms with Crippen molar-refractivity contribution < 1.29 is 18.7 Å². The number of pyridine rings is 2. The maximum absolute atomic E-state index is 14.9. The Morgan fingerprint density at radius 2 is 1.90 bits per heavy atom. The molecule has 9 nitrogen and oxygen atoms in total. The Morgan fingerprint density at radius 1 is 1.21 bits per heavy atom. The molecular weight excluding hydrogens is 525 g/mol. The van der Waals surface area contributed by atoms with Crippen LogP contribution in [0.4, 0.5) is 20.6 Å². The van der Waals surface area contributed by atoms with E-state index in [1.807, 2.05) is 32.9 Å². The number of piperazine rings is 1. The Hall–Kier alpha value is -3.66. The number of anilines is 2. The van der Waals surface area contributed by atoms with E-state index >= 15 is 0 Å². The third-order valence-corrected chi connectivity index (χ3v) is 7.30. The lowest BCUT2D eigenvalue weighted by atomic mass is 9.99. The number of hydrogen-bond donors (Lipinski definition) is 1. The van der Waals surface area contributed by atoms with Crippen LogP contribution in [-0.4, -0.2) is 57.2 Å². The summed E-state index contributed by atoms with van der Waals surface area (Å²) in [4.78, 5) is 48.0. The van der Waals surface area contributed by atoms with Crippen LogP contribution in [0.3, 0.4) is 0 Å². The Kier molecular flexibility index (Phi) is 6.57. The standard InChI is InChI=1S/C28H31ClFN5O4/c1-14(2)16-9-7-8-10-19(16)35-24-17(11-18(30)23(29)32-24)22-21(26(35)37)31-25(36)20-13-33(15(3)12-34(20)22)27(38)39-28(4,5)6/h7-11,14-15,20H,12-13H2,1-6H3,(H,31,36)/t15-,20-/m1/s1. The highest BCUT2D eigenvalue weighted by atomic mass is 35.5. The van der Waals surface area contributed by atoms with E-state index in [4.69, 9.17) is 16.3 Å². The molecule has 39 heavy (non-hydrogen) atoms. The molecule has 2 atom stereocenters. The lowest BCUT2D eigenvalue weighted by molar-refractivity contribution is -0.118. The summed E-state index contributed by atoms with van der Waals surface area (Å²) in [6, 6.07) is 7.45. The lowest BCUT2D eigenvalue weighted by Crippen LogP contribution is -2.65. The molecule has 0 spiro atoms. The average molecular weight is 556 g/mol. The van der Waals surface area contributed by atoms with E-state index in [1.54, 1.807) is 37.8 Å². The number of nitrogens with zero attached hydrogens (tertiary/aromatic N) is 4. The monoisotopic (exact) mass is 555 g/mol. The molecule has 1 N–H and O–H groups in total. The van der Waals surface area contributed by atoms with Gasteiger partial charge >= 0.3 is 6.09 Å². The van der Waals surface area contributed by atoms with E-state index in [2.05, 4.69) is 10.3 Å². The molecule has 4 heterocycles. The van der Waals surface area contributed by atoms with Gasteiger partial charge in [-0.1, -0.05) is 43.6 Å². The quantitative estimate of drug-likeness (QED) is 0.444. The van der Waals surface area contributed by atoms with Gasteiger partial charge in [0.2, 0.25) is 5.91 Å². The molecule has 0 aliphatic carbocycles. The molecule has 0 bridgehead atoms. The summed E-state index contributed by atoms with van der Waals surface area (Å²) >= 11 is 6.13. The number of halogens is 2. The Balaban J connectivity index is 1.72. The van der Waals surface area contributed by atoms with Gasteiger partial charge in [-0.3, -0.25) is 14.2 Å². The van der Waals surface area contributed by atoms with Crippen LogP contribution in [0.2, 0.25) is 5.15 Å². The molecule has 2 aliphatic rings. The second-order valence-corrected chi connectivity index (χ2v) is 11.7. The van der Waals surface area contributed by atoms with Crippen molar-refractivity contribution in [1.29, 1.82) is 0 Å². The summed E-state index contributed by atoms with van der Waals surface area (Å²) in [5.41, 5.74) is 0.805. The van der Waals surface area contributed by atoms with Gasteiger partial charge in [0.1, 0.15) is 17.3 Å². The molecule has 2 aliphatic heterocycles. The van der Waals surface area contributed by atoms with Crippen molar-refractivity contribution in [3.63, 3.8) is 0 Å². The van der Waals surface area contributed by atoms with Crippen LogP contribution in [-0.2, 0) is 9.53 Å². The maximum Gasteiger partial charge on any atom is 0.410 e. The zero-order valence-electron chi connectivity index (χ0n) is 22.7. The van der Waals surface area contributed by atoms with Gasteiger partial charge in [0, 0.05) is 18.0 Å². The molecule has 0 unspecified atom stereocenters. The highest BCUT2D eigenvalue weighted by Gasteiger charge is 2.45. The molecule has 3 aromatic rings. The minimum absolute atomic E-state index is 0.0312. The third-order valence-electron chi connectivity index (χ3n) is 7.04. The highest BCUT2D eigenvalue weighted by Crippen LogP contribution is 2.40. The van der Waals surface area contributed by atoms with Crippen LogP contribution in [0.25, 0.3) is 16.7 Å². The van der Waals surface area contributed by atoms with Gasteiger partial charge in [0.15, 0.2) is 16.6 Å². The summed E-state index contributed by atoms with van der Waals surface area (Å²) in [7, 11) is 0. The van der Waals surface area contributed by atoms with Crippen molar-refractivity contribution in [3.05, 3.63) is 57.2 Å². The lowest BCUT2D eigenvalue weighted by Gasteiger charge is -2.48. The topological polar surface area (TPSA) is 96.8 Å². The number of fused-ring (bicyclic) bond motifs is 5. The van der Waals surface area contributed by atoms with E-state index in [0.717, 1.165) is 5.56 Å². The molecule has 1 aromatic carbocycles. The molecule has 1 saturated heterocycles. The molecule has 0 saturated carbocycles. The first-order valence-corrected chi connectivity index (χ1v) is 13.3. The number of para-hydroxylation sites is 1. The van der Waals surface area contributed by atoms with E-state index < -0.39 is 35.0 Å². The Morgan fingerprint density at radius 3 is 2.56 bits per heavy atom. The zero-order chi connectivity index (χ0) is 28.4. The number of aromatic nitrogens is 2. The molecule has 1 fully saturated rings. The van der Waals surface area contributed by atoms with Crippen molar-refractivity contribution in [1.82, 2.24) is 14.5 Å². The normalized spacial score (nSPS) is 19.2. The van der Waals surface area contributed by atoms with Crippen LogP contribution in [0.5, 0.6) is 0 Å². The zero-order valence-corrected chi connectivity index (χ0v) is 23.5. The van der Waals surface area contributed by atoms with Gasteiger partial charge in [-0.05, 0) is 51.3 Å². The highest BCUT2D eigenvalue weighted by molar-refractivity contribution is 6.30. The van der Waals surface area contributed by atoms with Crippen molar-refractivity contribution in [2.45, 2.75) is 65.1 Å². The van der Waals surface area contributed by atoms with Crippen LogP contribution in [0.15, 0.2) is 35.1 Å². The summed E-state index contributed by atoms with van der Waals surface area (Å²) < 4.78 is 21.8. The van der Waals surface area contributed by atoms with E-state index in [-0.39, 0.29) is 41.5 Å². The first kappa shape index (κ1) is 26.9. The van der Waals surface area contributed by atoms with Crippen molar-refractivity contribution in [2.24, 2.45) is 0 Å². The number of benzene rings is 1. The van der Waals surface area contributed by atoms with Crippen LogP contribution in [0.1, 0.15) is 53.0 Å². The van der Waals surface area contributed by atoms with Crippen LogP contribution in [0, 0.1) is 5.82 Å². The SMILES string of the molecule is CC(C)c1ccccc1-n1c(=O)c2c(c3cc(F)c(Cl)nc31)N1C[C@@H](C)N(C(=O)OC(C)(C)C)C[C@@H]1C(=O)N2.